The van der Waals surface area contributed by atoms with Crippen LogP contribution in [0.2, 0.25) is 0 Å². The molecule has 2 heterocycles. The molecule has 108 valence electrons. The van der Waals surface area contributed by atoms with Crippen LogP contribution in [0.3, 0.4) is 0 Å². The lowest BCUT2D eigenvalue weighted by Crippen LogP contribution is -2.41. The smallest absolute Gasteiger partial charge is 0.244 e. The lowest BCUT2D eigenvalue weighted by molar-refractivity contribution is -0.131. The second-order valence-corrected chi connectivity index (χ2v) is 4.75. The lowest BCUT2D eigenvalue weighted by Gasteiger charge is -2.22. The number of nitrogens with zero attached hydrogens (tertiary/aromatic N) is 4. The third kappa shape index (κ3) is 2.74. The number of hydrogen-bond acceptors (Lipinski definition) is 4. The third-order valence-corrected chi connectivity index (χ3v) is 3.34. The minimum absolute atomic E-state index is 0.0607. The summed E-state index contributed by atoms with van der Waals surface area (Å²) in [5.74, 6) is 0.540. The number of aromatic nitrogens is 3. The quantitative estimate of drug-likeness (QED) is 0.902. The minimum Gasteiger partial charge on any atom is -0.341 e. The summed E-state index contributed by atoms with van der Waals surface area (Å²) in [6, 6.07) is 5.46. The van der Waals surface area contributed by atoms with Gasteiger partial charge in [0.25, 0.3) is 0 Å². The molecule has 20 heavy (non-hydrogen) atoms. The number of nitrogens with one attached hydrogen (secondary N) is 1. The largest absolute Gasteiger partial charge is 0.341 e. The molecular formula is C14H21N5O. The van der Waals surface area contributed by atoms with Gasteiger partial charge in [-0.1, -0.05) is 6.07 Å². The number of carbonyl (C=O) groups excluding carboxylic acids is 1. The Balaban J connectivity index is 2.15. The number of hydrogen-bond donors (Lipinski definition) is 1. The zero-order chi connectivity index (χ0) is 14.7. The van der Waals surface area contributed by atoms with Gasteiger partial charge < -0.3 is 10.2 Å². The van der Waals surface area contributed by atoms with Gasteiger partial charge in [-0.2, -0.15) is 4.98 Å². The van der Waals surface area contributed by atoms with Gasteiger partial charge in [0.2, 0.25) is 11.9 Å². The van der Waals surface area contributed by atoms with Crippen LogP contribution in [-0.4, -0.2) is 44.5 Å². The molecule has 1 N–H and O–H groups in total. The monoisotopic (exact) mass is 275 g/mol. The van der Waals surface area contributed by atoms with E-state index in [9.17, 15) is 4.79 Å². The van der Waals surface area contributed by atoms with Crippen molar-refractivity contribution in [2.45, 2.75) is 33.7 Å². The summed E-state index contributed by atoms with van der Waals surface area (Å²) in [6.45, 7) is 9.16. The zero-order valence-corrected chi connectivity index (χ0v) is 12.4. The van der Waals surface area contributed by atoms with Crippen molar-refractivity contribution in [3.8, 4) is 0 Å². The van der Waals surface area contributed by atoms with E-state index in [0.29, 0.717) is 19.0 Å². The van der Waals surface area contributed by atoms with Crippen LogP contribution in [0.1, 0.15) is 26.5 Å². The van der Waals surface area contributed by atoms with E-state index in [0.717, 1.165) is 11.3 Å². The first-order valence-corrected chi connectivity index (χ1v) is 6.94. The van der Waals surface area contributed by atoms with Crippen LogP contribution in [0, 0.1) is 6.92 Å². The molecule has 0 saturated heterocycles. The second-order valence-electron chi connectivity index (χ2n) is 4.75. The van der Waals surface area contributed by atoms with Crippen LogP contribution in [0.15, 0.2) is 18.2 Å². The normalized spacial score (nSPS) is 12.4. The van der Waals surface area contributed by atoms with Crippen molar-refractivity contribution < 1.29 is 4.79 Å². The van der Waals surface area contributed by atoms with E-state index in [-0.39, 0.29) is 11.9 Å². The Bertz CT molecular complexity index is 603. The van der Waals surface area contributed by atoms with Crippen molar-refractivity contribution in [3.63, 3.8) is 0 Å². The van der Waals surface area contributed by atoms with Gasteiger partial charge in [-0.05, 0) is 39.8 Å². The molecule has 0 saturated carbocycles. The Morgan fingerprint density at radius 1 is 1.40 bits per heavy atom. The van der Waals surface area contributed by atoms with E-state index in [2.05, 4.69) is 15.4 Å². The van der Waals surface area contributed by atoms with Gasteiger partial charge in [0.15, 0.2) is 5.65 Å². The van der Waals surface area contributed by atoms with E-state index >= 15 is 0 Å². The summed E-state index contributed by atoms with van der Waals surface area (Å²) >= 11 is 0. The van der Waals surface area contributed by atoms with E-state index in [4.69, 9.17) is 0 Å². The topological polar surface area (TPSA) is 62.5 Å². The lowest BCUT2D eigenvalue weighted by atomic mass is 10.3. The summed E-state index contributed by atoms with van der Waals surface area (Å²) in [5, 5.41) is 7.44. The molecular weight excluding hydrogens is 254 g/mol. The summed E-state index contributed by atoms with van der Waals surface area (Å²) in [6.07, 6.45) is 0. The molecule has 0 radical (unpaired) electrons. The summed E-state index contributed by atoms with van der Waals surface area (Å²) < 4.78 is 1.76. The van der Waals surface area contributed by atoms with Crippen molar-refractivity contribution in [2.75, 3.05) is 18.4 Å². The molecule has 0 aliphatic heterocycles. The molecule has 2 aromatic heterocycles. The minimum atomic E-state index is -0.340. The number of rotatable bonds is 5. The molecule has 1 unspecified atom stereocenters. The van der Waals surface area contributed by atoms with Gasteiger partial charge in [0.1, 0.15) is 6.04 Å². The zero-order valence-electron chi connectivity index (χ0n) is 12.4. The molecule has 0 aliphatic rings. The number of aryl methyl sites for hydroxylation is 1. The molecule has 2 aromatic rings. The van der Waals surface area contributed by atoms with Crippen LogP contribution in [0.4, 0.5) is 5.95 Å². The highest BCUT2D eigenvalue weighted by Gasteiger charge is 2.19. The molecule has 1 atom stereocenters. The van der Waals surface area contributed by atoms with Gasteiger partial charge >= 0.3 is 0 Å². The molecule has 0 spiro atoms. The van der Waals surface area contributed by atoms with E-state index in [1.807, 2.05) is 45.9 Å². The van der Waals surface area contributed by atoms with E-state index < -0.39 is 0 Å². The maximum Gasteiger partial charge on any atom is 0.244 e. The highest BCUT2D eigenvalue weighted by atomic mass is 16.2. The molecule has 1 amide bonds. The predicted molar refractivity (Wildman–Crippen MR) is 78.7 cm³/mol. The SMILES string of the molecule is CCN(CC)C(=O)C(C)Nc1nc2cccc(C)n2n1. The fourth-order valence-electron chi connectivity index (χ4n) is 2.16. The Morgan fingerprint density at radius 3 is 2.70 bits per heavy atom. The molecule has 0 aromatic carbocycles. The number of amides is 1. The maximum absolute atomic E-state index is 12.2. The Labute approximate surface area is 118 Å². The fraction of sp³-hybridized carbons (Fsp3) is 0.500. The third-order valence-electron chi connectivity index (χ3n) is 3.34. The summed E-state index contributed by atoms with van der Waals surface area (Å²) in [7, 11) is 0. The first-order valence-electron chi connectivity index (χ1n) is 6.94. The molecule has 0 bridgehead atoms. The van der Waals surface area contributed by atoms with Crippen LogP contribution in [0.25, 0.3) is 5.65 Å². The van der Waals surface area contributed by atoms with Crippen molar-refractivity contribution in [1.29, 1.82) is 0 Å². The second kappa shape index (κ2) is 5.90. The summed E-state index contributed by atoms with van der Waals surface area (Å²) in [5.41, 5.74) is 1.78. The number of fused-ring (bicyclic) bond motifs is 1. The van der Waals surface area contributed by atoms with Crippen molar-refractivity contribution in [1.82, 2.24) is 19.5 Å². The van der Waals surface area contributed by atoms with Gasteiger partial charge in [-0.3, -0.25) is 4.79 Å². The van der Waals surface area contributed by atoms with Crippen LogP contribution in [-0.2, 0) is 4.79 Å². The Hall–Kier alpha value is -2.11. The highest BCUT2D eigenvalue weighted by Crippen LogP contribution is 2.09. The van der Waals surface area contributed by atoms with Gasteiger partial charge in [-0.15, -0.1) is 5.10 Å². The van der Waals surface area contributed by atoms with Crippen LogP contribution >= 0.6 is 0 Å². The number of pyridine rings is 1. The van der Waals surface area contributed by atoms with Gasteiger partial charge in [-0.25, -0.2) is 4.52 Å². The van der Waals surface area contributed by atoms with Crippen LogP contribution < -0.4 is 5.32 Å². The first kappa shape index (κ1) is 14.3. The maximum atomic E-state index is 12.2. The molecule has 2 rings (SSSR count). The van der Waals surface area contributed by atoms with Gasteiger partial charge in [0, 0.05) is 18.8 Å². The van der Waals surface area contributed by atoms with Crippen molar-refractivity contribution in [2.24, 2.45) is 0 Å². The number of anilines is 1. The standard InChI is InChI=1S/C14H21N5O/c1-5-18(6-2)13(20)11(4)15-14-16-12-9-7-8-10(3)19(12)17-14/h7-9,11H,5-6H2,1-4H3,(H,15,17). The predicted octanol–water partition coefficient (Wildman–Crippen LogP) is 1.71. The van der Waals surface area contributed by atoms with Crippen molar-refractivity contribution >= 4 is 17.5 Å². The fourth-order valence-corrected chi connectivity index (χ4v) is 2.16. The number of likely N-dealkylation sites (N-methyl/N-ethyl adjacent to an activating group) is 1. The Morgan fingerprint density at radius 2 is 2.10 bits per heavy atom. The average molecular weight is 275 g/mol. The van der Waals surface area contributed by atoms with E-state index in [1.54, 1.807) is 9.42 Å². The van der Waals surface area contributed by atoms with Crippen LogP contribution in [0.5, 0.6) is 0 Å². The molecule has 6 heteroatoms. The van der Waals surface area contributed by atoms with E-state index in [1.165, 1.54) is 0 Å². The molecule has 0 aliphatic carbocycles. The first-order chi connectivity index (χ1) is 9.56. The Kier molecular flexibility index (Phi) is 4.22. The summed E-state index contributed by atoms with van der Waals surface area (Å²) in [4.78, 5) is 18.4. The molecule has 0 fully saturated rings. The highest BCUT2D eigenvalue weighted by molar-refractivity contribution is 5.83. The molecule has 6 nitrogen and oxygen atoms in total. The average Bonchev–Trinajstić information content (AvgIpc) is 2.84. The van der Waals surface area contributed by atoms with Gasteiger partial charge in [0.05, 0.1) is 0 Å². The number of carbonyl (C=O) groups is 1. The van der Waals surface area contributed by atoms with Crippen molar-refractivity contribution in [3.05, 3.63) is 23.9 Å².